The number of carbonyl (C=O) groups is 2. The number of carbonyl (C=O) groups excluding carboxylic acids is 2. The van der Waals surface area contributed by atoms with Crippen molar-refractivity contribution in [3.63, 3.8) is 0 Å². The number of alkyl halides is 1. The Kier molecular flexibility index (Phi) is 5.84. The highest BCUT2D eigenvalue weighted by Gasteiger charge is 2.17. The lowest BCUT2D eigenvalue weighted by atomic mass is 9.87. The normalized spacial score (nSPS) is 11.6. The molecule has 0 spiro atoms. The van der Waals surface area contributed by atoms with Gasteiger partial charge in [0, 0.05) is 18.1 Å². The first-order valence-corrected chi connectivity index (χ1v) is 6.98. The van der Waals surface area contributed by atoms with Gasteiger partial charge in [0.25, 0.3) is 0 Å². The Morgan fingerprint density at radius 2 is 1.76 bits per heavy atom. The van der Waals surface area contributed by atoms with Crippen molar-refractivity contribution in [2.75, 3.05) is 17.3 Å². The minimum atomic E-state index is -1.02. The number of nitrogens with zero attached hydrogens (tertiary/aromatic N) is 3. The van der Waals surface area contributed by atoms with E-state index in [1.165, 1.54) is 4.90 Å². The molecular formula is C14H19ClN4O2. The molecule has 1 rings (SSSR count). The second-order valence-electron chi connectivity index (χ2n) is 5.46. The molecule has 2 N–H and O–H groups in total. The minimum absolute atomic E-state index is 0.0194. The van der Waals surface area contributed by atoms with Crippen LogP contribution in [0.3, 0.4) is 0 Å². The Morgan fingerprint density at radius 3 is 2.19 bits per heavy atom. The van der Waals surface area contributed by atoms with Gasteiger partial charge in [-0.05, 0) is 23.1 Å². The summed E-state index contributed by atoms with van der Waals surface area (Å²) < 4.78 is 0. The topological polar surface area (TPSA) is 88.1 Å². The van der Waals surface area contributed by atoms with Crippen molar-refractivity contribution in [1.82, 2.24) is 0 Å². The fourth-order valence-electron chi connectivity index (χ4n) is 1.71. The van der Waals surface area contributed by atoms with Crippen molar-refractivity contribution in [2.24, 2.45) is 16.0 Å². The molecule has 1 aromatic carbocycles. The lowest BCUT2D eigenvalue weighted by molar-refractivity contribution is 0.248. The number of anilines is 1. The lowest BCUT2D eigenvalue weighted by Gasteiger charge is -2.22. The highest BCUT2D eigenvalue weighted by Crippen LogP contribution is 2.25. The van der Waals surface area contributed by atoms with Crippen molar-refractivity contribution >= 4 is 29.4 Å². The van der Waals surface area contributed by atoms with Gasteiger partial charge in [0.1, 0.15) is 0 Å². The van der Waals surface area contributed by atoms with Crippen LogP contribution in [0.2, 0.25) is 0 Å². The van der Waals surface area contributed by atoms with Crippen molar-refractivity contribution in [3.8, 4) is 0 Å². The maximum Gasteiger partial charge on any atom is 0.366 e. The number of urea groups is 2. The monoisotopic (exact) mass is 310 g/mol. The van der Waals surface area contributed by atoms with Gasteiger partial charge >= 0.3 is 12.1 Å². The van der Waals surface area contributed by atoms with Crippen LogP contribution in [0.5, 0.6) is 0 Å². The zero-order valence-corrected chi connectivity index (χ0v) is 13.1. The average molecular weight is 311 g/mol. The van der Waals surface area contributed by atoms with Gasteiger partial charge in [-0.3, -0.25) is 4.90 Å². The first-order chi connectivity index (χ1) is 9.75. The summed E-state index contributed by atoms with van der Waals surface area (Å²) in [5.41, 5.74) is 6.62. The molecule has 0 atom stereocenters. The predicted molar refractivity (Wildman–Crippen MR) is 83.0 cm³/mol. The van der Waals surface area contributed by atoms with Gasteiger partial charge in [-0.25, -0.2) is 9.59 Å². The first kappa shape index (κ1) is 17.1. The quantitative estimate of drug-likeness (QED) is 0.681. The fourth-order valence-corrected chi connectivity index (χ4v) is 1.88. The smallest absolute Gasteiger partial charge is 0.348 e. The summed E-state index contributed by atoms with van der Waals surface area (Å²) in [7, 11) is 0. The molecule has 0 saturated heterocycles. The van der Waals surface area contributed by atoms with Crippen LogP contribution in [0.25, 0.3) is 0 Å². The van der Waals surface area contributed by atoms with Gasteiger partial charge in [0.05, 0.1) is 0 Å². The van der Waals surface area contributed by atoms with Crippen LogP contribution in [0.1, 0.15) is 26.3 Å². The van der Waals surface area contributed by atoms with Crippen molar-refractivity contribution in [1.29, 1.82) is 0 Å². The van der Waals surface area contributed by atoms with E-state index < -0.39 is 12.1 Å². The van der Waals surface area contributed by atoms with Gasteiger partial charge in [-0.15, -0.1) is 11.6 Å². The molecule has 0 aliphatic heterocycles. The fraction of sp³-hybridized carbons (Fsp3) is 0.429. The maximum absolute atomic E-state index is 11.9. The van der Waals surface area contributed by atoms with Crippen LogP contribution < -0.4 is 10.6 Å². The van der Waals surface area contributed by atoms with Gasteiger partial charge < -0.3 is 5.73 Å². The van der Waals surface area contributed by atoms with E-state index in [0.29, 0.717) is 5.69 Å². The Morgan fingerprint density at radius 1 is 1.19 bits per heavy atom. The lowest BCUT2D eigenvalue weighted by Crippen LogP contribution is -2.30. The SMILES string of the molecule is CC(C)(C)c1ccc(N(CCCl)C(=O)N=NC(N)=O)cc1. The zero-order chi connectivity index (χ0) is 16.0. The molecule has 21 heavy (non-hydrogen) atoms. The molecule has 0 heterocycles. The van der Waals surface area contributed by atoms with Crippen molar-refractivity contribution in [3.05, 3.63) is 29.8 Å². The number of azo groups is 1. The molecule has 4 amide bonds. The highest BCUT2D eigenvalue weighted by atomic mass is 35.5. The molecule has 0 aliphatic carbocycles. The van der Waals surface area contributed by atoms with E-state index >= 15 is 0 Å². The Balaban J connectivity index is 3.00. The molecule has 7 heteroatoms. The summed E-state index contributed by atoms with van der Waals surface area (Å²) in [5, 5.41) is 6.31. The zero-order valence-electron chi connectivity index (χ0n) is 12.3. The van der Waals surface area contributed by atoms with Gasteiger partial charge in [-0.1, -0.05) is 43.1 Å². The number of halogens is 1. The van der Waals surface area contributed by atoms with Crippen molar-refractivity contribution in [2.45, 2.75) is 26.2 Å². The Labute approximate surface area is 129 Å². The van der Waals surface area contributed by atoms with Crippen LogP contribution >= 0.6 is 11.6 Å². The number of primary amides is 1. The summed E-state index contributed by atoms with van der Waals surface area (Å²) in [4.78, 5) is 23.8. The summed E-state index contributed by atoms with van der Waals surface area (Å²) >= 11 is 5.70. The van der Waals surface area contributed by atoms with Crippen LogP contribution in [0.4, 0.5) is 15.3 Å². The van der Waals surface area contributed by atoms with E-state index in [1.54, 1.807) is 0 Å². The minimum Gasteiger partial charge on any atom is -0.348 e. The molecule has 0 fully saturated rings. The van der Waals surface area contributed by atoms with Crippen LogP contribution in [0, 0.1) is 0 Å². The molecule has 0 radical (unpaired) electrons. The number of hydrogen-bond acceptors (Lipinski definition) is 2. The van der Waals surface area contributed by atoms with E-state index in [0.717, 1.165) is 5.56 Å². The molecule has 0 bridgehead atoms. The molecular weight excluding hydrogens is 292 g/mol. The highest BCUT2D eigenvalue weighted by molar-refractivity contribution is 6.18. The molecule has 0 unspecified atom stereocenters. The summed E-state index contributed by atoms with van der Waals surface area (Å²) in [5.74, 6) is 0.235. The Hall–Kier alpha value is -1.95. The predicted octanol–water partition coefficient (Wildman–Crippen LogP) is 3.68. The van der Waals surface area contributed by atoms with E-state index in [2.05, 4.69) is 31.0 Å². The van der Waals surface area contributed by atoms with Crippen LogP contribution in [-0.4, -0.2) is 24.5 Å². The van der Waals surface area contributed by atoms with Crippen LogP contribution in [-0.2, 0) is 5.41 Å². The summed E-state index contributed by atoms with van der Waals surface area (Å²) in [6.07, 6.45) is 0. The number of amides is 4. The number of nitrogens with two attached hydrogens (primary N) is 1. The maximum atomic E-state index is 11.9. The third-order valence-corrected chi connectivity index (χ3v) is 2.99. The molecule has 0 aromatic heterocycles. The third kappa shape index (κ3) is 5.15. The standard InChI is InChI=1S/C14H19ClN4O2/c1-14(2,3)10-4-6-11(7-5-10)19(9-8-15)13(21)18-17-12(16)20/h4-7H,8-9H2,1-3H3,(H2,16,20). The number of rotatable bonds is 3. The molecule has 114 valence electrons. The summed E-state index contributed by atoms with van der Waals surface area (Å²) in [6.45, 7) is 6.56. The second-order valence-corrected chi connectivity index (χ2v) is 5.84. The van der Waals surface area contributed by atoms with E-state index in [9.17, 15) is 9.59 Å². The van der Waals surface area contributed by atoms with E-state index in [1.807, 2.05) is 24.3 Å². The van der Waals surface area contributed by atoms with Gasteiger partial charge in [0.2, 0.25) is 0 Å². The third-order valence-electron chi connectivity index (χ3n) is 2.82. The van der Waals surface area contributed by atoms with E-state index in [-0.39, 0.29) is 17.8 Å². The Bertz CT molecular complexity index is 535. The van der Waals surface area contributed by atoms with Gasteiger partial charge in [0.15, 0.2) is 0 Å². The summed E-state index contributed by atoms with van der Waals surface area (Å²) in [6, 6.07) is 5.80. The second kappa shape index (κ2) is 7.17. The molecule has 0 aliphatic rings. The number of hydrogen-bond donors (Lipinski definition) is 1. The van der Waals surface area contributed by atoms with Gasteiger partial charge in [-0.2, -0.15) is 0 Å². The largest absolute Gasteiger partial charge is 0.366 e. The average Bonchev–Trinajstić information content (AvgIpc) is 2.41. The molecule has 6 nitrogen and oxygen atoms in total. The molecule has 1 aromatic rings. The van der Waals surface area contributed by atoms with Crippen LogP contribution in [0.15, 0.2) is 34.5 Å². The molecule has 0 saturated carbocycles. The number of benzene rings is 1. The van der Waals surface area contributed by atoms with Crippen molar-refractivity contribution < 1.29 is 9.59 Å². The first-order valence-electron chi connectivity index (χ1n) is 6.45. The van der Waals surface area contributed by atoms with E-state index in [4.69, 9.17) is 17.3 Å².